The van der Waals surface area contributed by atoms with Gasteiger partial charge in [-0.15, -0.1) is 0 Å². The van der Waals surface area contributed by atoms with E-state index in [4.69, 9.17) is 28.4 Å². The van der Waals surface area contributed by atoms with Crippen LogP contribution in [0.1, 0.15) is 224 Å². The normalized spacial score (nSPS) is 10.9. The van der Waals surface area contributed by atoms with Gasteiger partial charge in [0.25, 0.3) is 5.91 Å². The lowest BCUT2D eigenvalue weighted by Crippen LogP contribution is -2.27. The van der Waals surface area contributed by atoms with Gasteiger partial charge in [0.2, 0.25) is 5.75 Å². The van der Waals surface area contributed by atoms with Crippen LogP contribution in [-0.2, 0) is 35.1 Å². The van der Waals surface area contributed by atoms with Gasteiger partial charge in [-0.1, -0.05) is 174 Å². The summed E-state index contributed by atoms with van der Waals surface area (Å²) in [6.07, 6.45) is 38.4. The quantitative estimate of drug-likeness (QED) is 0.0292. The van der Waals surface area contributed by atoms with Crippen LogP contribution in [0.2, 0.25) is 0 Å². The van der Waals surface area contributed by atoms with Gasteiger partial charge >= 0.3 is 17.9 Å². The summed E-state index contributed by atoms with van der Waals surface area (Å²) in [7, 11) is 0. The summed E-state index contributed by atoms with van der Waals surface area (Å²) in [5, 5.41) is 3.06. The van der Waals surface area contributed by atoms with E-state index in [1.807, 2.05) is 22.9 Å². The lowest BCUT2D eigenvalue weighted by molar-refractivity contribution is -0.139. The zero-order valence-electron chi connectivity index (χ0n) is 45.9. The van der Waals surface area contributed by atoms with E-state index in [9.17, 15) is 19.2 Å². The molecule has 0 atom stereocenters. The molecule has 0 spiro atoms. The number of unbranched alkanes of at least 4 members (excludes halogenated alkanes) is 27. The molecule has 0 radical (unpaired) electrons. The smallest absolute Gasteiger partial charge is 0.333 e. The summed E-state index contributed by atoms with van der Waals surface area (Å²) in [5.74, 6) is 0.569. The zero-order chi connectivity index (χ0) is 53.0. The van der Waals surface area contributed by atoms with Crippen molar-refractivity contribution in [2.24, 2.45) is 0 Å². The third-order valence-electron chi connectivity index (χ3n) is 12.6. The number of benzene rings is 1. The third-order valence-corrected chi connectivity index (χ3v) is 12.6. The molecular formula is C60H97N3O10. The van der Waals surface area contributed by atoms with Gasteiger partial charge in [-0.2, -0.15) is 0 Å². The molecule has 73 heavy (non-hydrogen) atoms. The predicted octanol–water partition coefficient (Wildman–Crippen LogP) is 14.5. The molecule has 2 aromatic rings. The lowest BCUT2D eigenvalue weighted by atomic mass is 10.1. The van der Waals surface area contributed by atoms with Crippen molar-refractivity contribution in [3.8, 4) is 17.2 Å². The van der Waals surface area contributed by atoms with E-state index in [0.717, 1.165) is 116 Å². The number of rotatable bonds is 49. The molecule has 0 bridgehead atoms. The van der Waals surface area contributed by atoms with Gasteiger partial charge in [-0.25, -0.2) is 19.4 Å². The third kappa shape index (κ3) is 34.1. The number of nitrogens with zero attached hydrogens (tertiary/aromatic N) is 2. The van der Waals surface area contributed by atoms with Crippen molar-refractivity contribution in [1.29, 1.82) is 0 Å². The monoisotopic (exact) mass is 1020 g/mol. The van der Waals surface area contributed by atoms with Crippen LogP contribution in [0.3, 0.4) is 0 Å². The maximum atomic E-state index is 13.6. The van der Waals surface area contributed by atoms with Crippen molar-refractivity contribution >= 4 is 23.8 Å². The van der Waals surface area contributed by atoms with Gasteiger partial charge in [-0.3, -0.25) is 4.79 Å². The summed E-state index contributed by atoms with van der Waals surface area (Å²) < 4.78 is 37.0. The maximum absolute atomic E-state index is 13.6. The number of nitrogens with one attached hydrogen (secondary N) is 1. The molecule has 1 heterocycles. The molecule has 0 saturated heterocycles. The van der Waals surface area contributed by atoms with Crippen LogP contribution in [0.4, 0.5) is 0 Å². The Morgan fingerprint density at radius 3 is 1.05 bits per heavy atom. The summed E-state index contributed by atoms with van der Waals surface area (Å²) in [6.45, 7) is 19.9. The van der Waals surface area contributed by atoms with Gasteiger partial charge in [0.05, 0.1) is 46.0 Å². The largest absolute Gasteiger partial charge is 0.490 e. The Morgan fingerprint density at radius 2 is 0.753 bits per heavy atom. The van der Waals surface area contributed by atoms with Gasteiger partial charge in [0.15, 0.2) is 11.5 Å². The second-order valence-corrected chi connectivity index (χ2v) is 19.8. The molecule has 0 fully saturated rings. The molecule has 13 heteroatoms. The van der Waals surface area contributed by atoms with Crippen LogP contribution >= 0.6 is 0 Å². The van der Waals surface area contributed by atoms with Crippen LogP contribution < -0.4 is 19.5 Å². The number of aromatic nitrogens is 2. The first-order valence-electron chi connectivity index (χ1n) is 28.3. The second kappa shape index (κ2) is 43.3. The molecule has 0 saturated carbocycles. The minimum Gasteiger partial charge on any atom is -0.490 e. The van der Waals surface area contributed by atoms with Gasteiger partial charge in [-0.05, 0) is 71.4 Å². The van der Waals surface area contributed by atoms with Crippen molar-refractivity contribution in [2.45, 2.75) is 220 Å². The van der Waals surface area contributed by atoms with Crippen molar-refractivity contribution in [2.75, 3.05) is 46.2 Å². The average Bonchev–Trinajstić information content (AvgIpc) is 3.90. The lowest BCUT2D eigenvalue weighted by Gasteiger charge is -2.19. The number of carbonyl (C=O) groups is 4. The van der Waals surface area contributed by atoms with Crippen LogP contribution in [0.5, 0.6) is 17.2 Å². The van der Waals surface area contributed by atoms with Gasteiger partial charge in [0.1, 0.15) is 0 Å². The number of imidazole rings is 1. The highest BCUT2D eigenvalue weighted by molar-refractivity contribution is 5.95. The predicted molar refractivity (Wildman–Crippen MR) is 293 cm³/mol. The van der Waals surface area contributed by atoms with Crippen molar-refractivity contribution in [3.63, 3.8) is 0 Å². The first kappa shape index (κ1) is 64.0. The van der Waals surface area contributed by atoms with E-state index in [0.29, 0.717) is 92.3 Å². The minimum atomic E-state index is -0.305. The SMILES string of the molecule is C=C(C)C(=O)OCCCCCCCCCCCCOc1cc(C(=O)NCCn2ccnc2)cc(OCCCCCCCCCCCCOC(=O)C(=C)C)c1OCCCCCCCCCCCCOC(=O)C(=C)C. The fourth-order valence-electron chi connectivity index (χ4n) is 8.14. The first-order valence-corrected chi connectivity index (χ1v) is 28.3. The fourth-order valence-corrected chi connectivity index (χ4v) is 8.14. The molecule has 1 aromatic heterocycles. The number of amides is 1. The molecule has 2 rings (SSSR count). The molecule has 13 nitrogen and oxygen atoms in total. The molecule has 0 aliphatic rings. The van der Waals surface area contributed by atoms with Crippen molar-refractivity contribution in [3.05, 3.63) is 72.9 Å². The summed E-state index contributed by atoms with van der Waals surface area (Å²) in [6, 6.07) is 3.62. The average molecular weight is 1020 g/mol. The number of hydrogen-bond donors (Lipinski definition) is 1. The van der Waals surface area contributed by atoms with Crippen molar-refractivity contribution < 1.29 is 47.6 Å². The number of hydrogen-bond acceptors (Lipinski definition) is 11. The molecule has 1 N–H and O–H groups in total. The molecule has 0 aliphatic heterocycles. The topological polar surface area (TPSA) is 154 Å². The molecule has 1 aromatic carbocycles. The Balaban J connectivity index is 1.91. The summed E-state index contributed by atoms with van der Waals surface area (Å²) in [5.41, 5.74) is 1.82. The highest BCUT2D eigenvalue weighted by Gasteiger charge is 2.19. The minimum absolute atomic E-state index is 0.192. The van der Waals surface area contributed by atoms with Crippen LogP contribution in [0, 0.1) is 0 Å². The Bertz CT molecular complexity index is 1750. The first-order chi connectivity index (χ1) is 35.5. The van der Waals surface area contributed by atoms with E-state index < -0.39 is 0 Å². The maximum Gasteiger partial charge on any atom is 0.333 e. The molecule has 0 aliphatic carbocycles. The van der Waals surface area contributed by atoms with Gasteiger partial charge < -0.3 is 38.3 Å². The van der Waals surface area contributed by atoms with E-state index in [1.54, 1.807) is 33.3 Å². The highest BCUT2D eigenvalue weighted by Crippen LogP contribution is 2.40. The standard InChI is InChI=1S/C60H97N3O10/c1-50(2)58(65)71-44-34-28-22-16-10-7-13-19-25-31-41-68-54-47-53(57(64)62-38-40-63-39-37-61-49-63)48-55(69-42-32-26-20-14-8-11-17-23-29-35-45-72-59(66)51(3)4)56(54)70-43-33-27-21-15-9-12-18-24-30-36-46-73-60(67)52(5)6/h37,39,47-49H,1,3,5,7-36,38,40-46H2,2,4,6H3,(H,62,64). The summed E-state index contributed by atoms with van der Waals surface area (Å²) >= 11 is 0. The van der Waals surface area contributed by atoms with Crippen LogP contribution in [-0.4, -0.2) is 79.6 Å². The Morgan fingerprint density at radius 1 is 0.452 bits per heavy atom. The van der Waals surface area contributed by atoms with E-state index in [-0.39, 0.29) is 23.8 Å². The van der Waals surface area contributed by atoms with Crippen molar-refractivity contribution in [1.82, 2.24) is 14.9 Å². The second-order valence-electron chi connectivity index (χ2n) is 19.8. The molecule has 0 unspecified atom stereocenters. The van der Waals surface area contributed by atoms with E-state index in [1.165, 1.54) is 77.0 Å². The van der Waals surface area contributed by atoms with Crippen LogP contribution in [0.25, 0.3) is 0 Å². The Hall–Kier alpha value is -5.07. The van der Waals surface area contributed by atoms with Crippen LogP contribution in [0.15, 0.2) is 67.3 Å². The van der Waals surface area contributed by atoms with E-state index in [2.05, 4.69) is 30.0 Å². The fraction of sp³-hybridized carbons (Fsp3) is 0.683. The molecule has 412 valence electrons. The Kier molecular flexibility index (Phi) is 38.0. The number of esters is 3. The number of ether oxygens (including phenoxy) is 6. The summed E-state index contributed by atoms with van der Waals surface area (Å²) in [4.78, 5) is 52.4. The highest BCUT2D eigenvalue weighted by atomic mass is 16.5. The van der Waals surface area contributed by atoms with Gasteiger partial charge in [0, 0.05) is 47.8 Å². The molecular weight excluding hydrogens is 923 g/mol. The molecule has 1 amide bonds. The zero-order valence-corrected chi connectivity index (χ0v) is 45.9. The number of carbonyl (C=O) groups excluding carboxylic acids is 4. The Labute approximate surface area is 441 Å². The van der Waals surface area contributed by atoms with E-state index >= 15 is 0 Å².